The highest BCUT2D eigenvalue weighted by molar-refractivity contribution is 7.09. The minimum absolute atomic E-state index is 0.657. The van der Waals surface area contributed by atoms with Gasteiger partial charge in [-0.1, -0.05) is 13.8 Å². The first-order chi connectivity index (χ1) is 9.61. The summed E-state index contributed by atoms with van der Waals surface area (Å²) >= 11 is 1.78. The molecule has 0 radical (unpaired) electrons. The van der Waals surface area contributed by atoms with Crippen LogP contribution in [0.3, 0.4) is 0 Å². The standard InChI is InChI=1S/C16H27N3S/c1-11(2)6-14-8-19(9-15-10-20-12(3)18-15)16(7-17-14)13-4-5-13/h10-11,13-14,16-17H,4-9H2,1-3H3. The van der Waals surface area contributed by atoms with E-state index in [0.29, 0.717) is 6.04 Å². The van der Waals surface area contributed by atoms with Crippen molar-refractivity contribution in [3.63, 3.8) is 0 Å². The molecule has 2 atom stereocenters. The van der Waals surface area contributed by atoms with Crippen LogP contribution in [0.25, 0.3) is 0 Å². The van der Waals surface area contributed by atoms with Crippen LogP contribution in [0, 0.1) is 18.8 Å². The first-order valence-corrected chi connectivity index (χ1v) is 8.88. The highest BCUT2D eigenvalue weighted by atomic mass is 32.1. The molecule has 0 aromatic carbocycles. The molecule has 112 valence electrons. The number of hydrogen-bond donors (Lipinski definition) is 1. The van der Waals surface area contributed by atoms with Crippen LogP contribution in [0.1, 0.15) is 43.8 Å². The fourth-order valence-corrected chi connectivity index (χ4v) is 4.05. The molecule has 2 heterocycles. The molecule has 1 N–H and O–H groups in total. The third kappa shape index (κ3) is 3.60. The summed E-state index contributed by atoms with van der Waals surface area (Å²) in [5.74, 6) is 1.70. The van der Waals surface area contributed by atoms with E-state index in [1.54, 1.807) is 11.3 Å². The van der Waals surface area contributed by atoms with Gasteiger partial charge in [-0.25, -0.2) is 4.98 Å². The number of thiazole rings is 1. The Morgan fingerprint density at radius 3 is 2.85 bits per heavy atom. The van der Waals surface area contributed by atoms with E-state index < -0.39 is 0 Å². The van der Waals surface area contributed by atoms with E-state index in [1.807, 2.05) is 0 Å². The Morgan fingerprint density at radius 2 is 2.25 bits per heavy atom. The molecule has 1 aliphatic carbocycles. The first-order valence-electron chi connectivity index (χ1n) is 8.00. The van der Waals surface area contributed by atoms with E-state index in [0.717, 1.165) is 24.4 Å². The molecule has 20 heavy (non-hydrogen) atoms. The third-order valence-electron chi connectivity index (χ3n) is 4.49. The first kappa shape index (κ1) is 14.5. The van der Waals surface area contributed by atoms with Gasteiger partial charge in [0.1, 0.15) is 0 Å². The number of rotatable bonds is 5. The van der Waals surface area contributed by atoms with Gasteiger partial charge in [-0.05, 0) is 38.0 Å². The number of piperazine rings is 1. The van der Waals surface area contributed by atoms with Crippen LogP contribution in [0.2, 0.25) is 0 Å². The van der Waals surface area contributed by atoms with Crippen molar-refractivity contribution in [2.24, 2.45) is 11.8 Å². The summed E-state index contributed by atoms with van der Waals surface area (Å²) in [6.07, 6.45) is 4.13. The van der Waals surface area contributed by atoms with Gasteiger partial charge in [0.2, 0.25) is 0 Å². The van der Waals surface area contributed by atoms with Crippen LogP contribution in [0.4, 0.5) is 0 Å². The molecule has 2 fully saturated rings. The average Bonchev–Trinajstić information content (AvgIpc) is 3.13. The number of nitrogens with zero attached hydrogens (tertiary/aromatic N) is 2. The van der Waals surface area contributed by atoms with Crippen LogP contribution < -0.4 is 5.32 Å². The topological polar surface area (TPSA) is 28.2 Å². The van der Waals surface area contributed by atoms with Crippen molar-refractivity contribution < 1.29 is 0 Å². The Balaban J connectivity index is 1.65. The highest BCUT2D eigenvalue weighted by Gasteiger charge is 2.38. The Kier molecular flexibility index (Phi) is 4.43. The van der Waals surface area contributed by atoms with Crippen LogP contribution in [0.15, 0.2) is 5.38 Å². The van der Waals surface area contributed by atoms with Gasteiger partial charge < -0.3 is 5.32 Å². The number of aryl methyl sites for hydroxylation is 1. The third-order valence-corrected chi connectivity index (χ3v) is 5.32. The van der Waals surface area contributed by atoms with E-state index in [2.05, 4.69) is 41.4 Å². The molecule has 1 aromatic rings. The fourth-order valence-electron chi connectivity index (χ4n) is 3.44. The minimum Gasteiger partial charge on any atom is -0.311 e. The minimum atomic E-state index is 0.657. The van der Waals surface area contributed by atoms with Crippen molar-refractivity contribution in [3.05, 3.63) is 16.1 Å². The summed E-state index contributed by atoms with van der Waals surface area (Å²) in [6, 6.07) is 1.39. The van der Waals surface area contributed by atoms with Crippen LogP contribution >= 0.6 is 11.3 Å². The van der Waals surface area contributed by atoms with E-state index in [1.165, 1.54) is 43.1 Å². The van der Waals surface area contributed by atoms with E-state index in [-0.39, 0.29) is 0 Å². The quantitative estimate of drug-likeness (QED) is 0.904. The largest absolute Gasteiger partial charge is 0.311 e. The van der Waals surface area contributed by atoms with Gasteiger partial charge >= 0.3 is 0 Å². The molecule has 3 rings (SSSR count). The SMILES string of the molecule is Cc1nc(CN2CC(CC(C)C)NCC2C2CC2)cs1. The van der Waals surface area contributed by atoms with Gasteiger partial charge in [-0.2, -0.15) is 0 Å². The molecule has 4 heteroatoms. The van der Waals surface area contributed by atoms with Crippen molar-refractivity contribution in [1.82, 2.24) is 15.2 Å². The van der Waals surface area contributed by atoms with Crippen LogP contribution in [-0.2, 0) is 6.54 Å². The zero-order chi connectivity index (χ0) is 14.1. The average molecular weight is 293 g/mol. The fraction of sp³-hybridized carbons (Fsp3) is 0.812. The van der Waals surface area contributed by atoms with E-state index in [9.17, 15) is 0 Å². The number of hydrogen-bond acceptors (Lipinski definition) is 4. The van der Waals surface area contributed by atoms with Crippen LogP contribution in [0.5, 0.6) is 0 Å². The molecule has 1 aromatic heterocycles. The summed E-state index contributed by atoms with van der Waals surface area (Å²) in [5.41, 5.74) is 1.27. The van der Waals surface area contributed by atoms with Gasteiger partial charge in [0.25, 0.3) is 0 Å². The van der Waals surface area contributed by atoms with Crippen molar-refractivity contribution in [3.8, 4) is 0 Å². The summed E-state index contributed by atoms with van der Waals surface area (Å²) in [5, 5.41) is 7.21. The smallest absolute Gasteiger partial charge is 0.0897 e. The summed E-state index contributed by atoms with van der Waals surface area (Å²) in [6.45, 7) is 10.2. The maximum absolute atomic E-state index is 4.66. The summed E-state index contributed by atoms with van der Waals surface area (Å²) < 4.78 is 0. The Bertz CT molecular complexity index is 439. The molecule has 0 amide bonds. The zero-order valence-electron chi connectivity index (χ0n) is 12.9. The monoisotopic (exact) mass is 293 g/mol. The highest BCUT2D eigenvalue weighted by Crippen LogP contribution is 2.37. The van der Waals surface area contributed by atoms with E-state index >= 15 is 0 Å². The van der Waals surface area contributed by atoms with E-state index in [4.69, 9.17) is 0 Å². The molecular weight excluding hydrogens is 266 g/mol. The Morgan fingerprint density at radius 1 is 1.45 bits per heavy atom. The molecule has 0 bridgehead atoms. The van der Waals surface area contributed by atoms with Gasteiger partial charge in [0.05, 0.1) is 10.7 Å². The zero-order valence-corrected chi connectivity index (χ0v) is 13.7. The van der Waals surface area contributed by atoms with Crippen LogP contribution in [-0.4, -0.2) is 35.1 Å². The lowest BCUT2D eigenvalue weighted by atomic mass is 9.98. The summed E-state index contributed by atoms with van der Waals surface area (Å²) in [4.78, 5) is 7.37. The number of aromatic nitrogens is 1. The lowest BCUT2D eigenvalue weighted by Crippen LogP contribution is -2.57. The molecule has 1 aliphatic heterocycles. The van der Waals surface area contributed by atoms with Crippen molar-refractivity contribution >= 4 is 11.3 Å². The predicted octanol–water partition coefficient (Wildman–Crippen LogP) is 3.05. The molecule has 1 saturated carbocycles. The van der Waals surface area contributed by atoms with Gasteiger partial charge in [0.15, 0.2) is 0 Å². The second-order valence-corrected chi connectivity index (χ2v) is 7.99. The second-order valence-electron chi connectivity index (χ2n) is 6.93. The maximum atomic E-state index is 4.66. The van der Waals surface area contributed by atoms with Gasteiger partial charge in [-0.3, -0.25) is 4.90 Å². The predicted molar refractivity (Wildman–Crippen MR) is 85.0 cm³/mol. The normalized spacial score (nSPS) is 28.2. The maximum Gasteiger partial charge on any atom is 0.0897 e. The number of nitrogens with one attached hydrogen (secondary N) is 1. The summed E-state index contributed by atoms with van der Waals surface area (Å²) in [7, 11) is 0. The Labute approximate surface area is 126 Å². The lowest BCUT2D eigenvalue weighted by Gasteiger charge is -2.41. The molecule has 2 aliphatic rings. The van der Waals surface area contributed by atoms with Gasteiger partial charge in [-0.15, -0.1) is 11.3 Å². The molecule has 2 unspecified atom stereocenters. The van der Waals surface area contributed by atoms with Crippen molar-refractivity contribution in [1.29, 1.82) is 0 Å². The molecule has 0 spiro atoms. The van der Waals surface area contributed by atoms with Crippen molar-refractivity contribution in [2.45, 2.75) is 58.7 Å². The van der Waals surface area contributed by atoms with Crippen molar-refractivity contribution in [2.75, 3.05) is 13.1 Å². The molecule has 3 nitrogen and oxygen atoms in total. The Hall–Kier alpha value is -0.450. The molecule has 1 saturated heterocycles. The molecular formula is C16H27N3S. The second kappa shape index (κ2) is 6.12. The van der Waals surface area contributed by atoms with Gasteiger partial charge in [0, 0.05) is 37.1 Å². The lowest BCUT2D eigenvalue weighted by molar-refractivity contribution is 0.0990.